The maximum absolute atomic E-state index is 13.3. The first kappa shape index (κ1) is 21.3. The zero-order chi connectivity index (χ0) is 23.8. The second-order valence-electron chi connectivity index (χ2n) is 7.72. The summed E-state index contributed by atoms with van der Waals surface area (Å²) in [6.07, 6.45) is 0. The number of para-hydroxylation sites is 2. The van der Waals surface area contributed by atoms with Crippen LogP contribution in [0.4, 0.5) is 5.95 Å². The molecular weight excluding hydrogens is 434 g/mol. The van der Waals surface area contributed by atoms with Gasteiger partial charge in [-0.15, -0.1) is 0 Å². The number of hydrogen-bond acceptors (Lipinski definition) is 6. The Morgan fingerprint density at radius 3 is 2.41 bits per heavy atom. The fourth-order valence-corrected chi connectivity index (χ4v) is 4.19. The van der Waals surface area contributed by atoms with Crippen molar-refractivity contribution in [2.75, 3.05) is 19.1 Å². The van der Waals surface area contributed by atoms with Crippen molar-refractivity contribution in [3.8, 4) is 11.5 Å². The van der Waals surface area contributed by atoms with Crippen molar-refractivity contribution in [1.29, 1.82) is 0 Å². The molecule has 0 saturated carbocycles. The smallest absolute Gasteiger partial charge is 0.302 e. The summed E-state index contributed by atoms with van der Waals surface area (Å²) in [6, 6.07) is 20.3. The molecule has 34 heavy (non-hydrogen) atoms. The van der Waals surface area contributed by atoms with Gasteiger partial charge in [-0.3, -0.25) is 14.5 Å². The Morgan fingerprint density at radius 1 is 0.971 bits per heavy atom. The van der Waals surface area contributed by atoms with Crippen molar-refractivity contribution in [1.82, 2.24) is 9.97 Å². The molecule has 4 aromatic rings. The number of Topliss-reactive ketones (excluding diaryl/α,β-unsaturated/α-hetero) is 1. The van der Waals surface area contributed by atoms with Gasteiger partial charge in [0.1, 0.15) is 17.3 Å². The van der Waals surface area contributed by atoms with Gasteiger partial charge < -0.3 is 19.6 Å². The molecule has 1 aliphatic rings. The van der Waals surface area contributed by atoms with E-state index < -0.39 is 17.7 Å². The van der Waals surface area contributed by atoms with Crippen LogP contribution in [-0.4, -0.2) is 41.0 Å². The molecule has 3 aromatic carbocycles. The van der Waals surface area contributed by atoms with Crippen LogP contribution in [0.3, 0.4) is 0 Å². The van der Waals surface area contributed by atoms with Gasteiger partial charge in [-0.2, -0.15) is 0 Å². The number of carbonyl (C=O) groups excluding carboxylic acids is 2. The minimum Gasteiger partial charge on any atom is -0.507 e. The third kappa shape index (κ3) is 3.36. The molecule has 1 atom stereocenters. The van der Waals surface area contributed by atoms with Crippen LogP contribution in [0.1, 0.15) is 17.2 Å². The number of nitrogens with one attached hydrogen (secondary N) is 1. The van der Waals surface area contributed by atoms with Gasteiger partial charge in [-0.05, 0) is 29.8 Å². The predicted molar refractivity (Wildman–Crippen MR) is 127 cm³/mol. The van der Waals surface area contributed by atoms with Crippen LogP contribution in [0, 0.1) is 0 Å². The summed E-state index contributed by atoms with van der Waals surface area (Å²) in [6.45, 7) is 0. The second-order valence-corrected chi connectivity index (χ2v) is 7.72. The number of anilines is 1. The molecule has 1 saturated heterocycles. The molecule has 8 nitrogen and oxygen atoms in total. The summed E-state index contributed by atoms with van der Waals surface area (Å²) in [4.78, 5) is 35.5. The number of aromatic amines is 1. The molecule has 8 heteroatoms. The molecule has 170 valence electrons. The Hall–Kier alpha value is -4.59. The van der Waals surface area contributed by atoms with Crippen LogP contribution in [0.15, 0.2) is 78.4 Å². The molecule has 1 aliphatic heterocycles. The average Bonchev–Trinajstić information content (AvgIpc) is 3.42. The Morgan fingerprint density at radius 2 is 1.71 bits per heavy atom. The number of fused-ring (bicyclic) bond motifs is 1. The average molecular weight is 455 g/mol. The highest BCUT2D eigenvalue weighted by Gasteiger charge is 2.48. The molecule has 1 aromatic heterocycles. The Balaban J connectivity index is 1.73. The maximum Gasteiger partial charge on any atom is 0.302 e. The first-order chi connectivity index (χ1) is 16.5. The Kier molecular flexibility index (Phi) is 5.25. The van der Waals surface area contributed by atoms with Crippen molar-refractivity contribution in [2.45, 2.75) is 6.04 Å². The van der Waals surface area contributed by atoms with Crippen LogP contribution < -0.4 is 14.4 Å². The number of H-pyrrole nitrogens is 1. The summed E-state index contributed by atoms with van der Waals surface area (Å²) in [5.41, 5.74) is 2.24. The van der Waals surface area contributed by atoms with Gasteiger partial charge in [0.25, 0.3) is 5.78 Å². The van der Waals surface area contributed by atoms with Crippen LogP contribution in [0.5, 0.6) is 11.5 Å². The van der Waals surface area contributed by atoms with Crippen LogP contribution in [0.25, 0.3) is 16.8 Å². The minimum atomic E-state index is -0.895. The summed E-state index contributed by atoms with van der Waals surface area (Å²) in [7, 11) is 2.97. The lowest BCUT2D eigenvalue weighted by atomic mass is 9.95. The minimum absolute atomic E-state index is 0.0554. The molecule has 1 unspecified atom stereocenters. The monoisotopic (exact) mass is 455 g/mol. The van der Waals surface area contributed by atoms with Gasteiger partial charge in [-0.1, -0.05) is 42.5 Å². The lowest BCUT2D eigenvalue weighted by Crippen LogP contribution is -2.30. The number of methoxy groups -OCH3 is 2. The number of nitrogens with zero attached hydrogens (tertiary/aromatic N) is 2. The number of aromatic nitrogens is 2. The predicted octanol–water partition coefficient (Wildman–Crippen LogP) is 4.21. The van der Waals surface area contributed by atoms with Crippen LogP contribution in [-0.2, 0) is 9.59 Å². The highest BCUT2D eigenvalue weighted by atomic mass is 16.5. The van der Waals surface area contributed by atoms with E-state index in [1.54, 1.807) is 30.3 Å². The third-order valence-electron chi connectivity index (χ3n) is 5.83. The molecule has 1 fully saturated rings. The zero-order valence-corrected chi connectivity index (χ0v) is 18.5. The van der Waals surface area contributed by atoms with Crippen LogP contribution in [0.2, 0.25) is 0 Å². The first-order valence-corrected chi connectivity index (χ1v) is 10.6. The number of amides is 1. The first-order valence-electron chi connectivity index (χ1n) is 10.6. The van der Waals surface area contributed by atoms with Gasteiger partial charge >= 0.3 is 5.91 Å². The topological polar surface area (TPSA) is 105 Å². The standard InChI is InChI=1S/C26H21N3O5/c1-33-16-12-13-17(20(14-16)34-2)23(30)21-22(15-8-4-3-5-9-15)29(25(32)24(21)31)26-27-18-10-6-7-11-19(18)28-26/h3-14,22,30H,1-2H3,(H,27,28)/b23-21+. The van der Waals surface area contributed by atoms with Gasteiger partial charge in [0.15, 0.2) is 0 Å². The van der Waals surface area contributed by atoms with E-state index in [1.807, 2.05) is 42.5 Å². The maximum atomic E-state index is 13.3. The van der Waals surface area contributed by atoms with Crippen molar-refractivity contribution in [3.05, 3.63) is 89.5 Å². The number of aliphatic hydroxyl groups excluding tert-OH is 1. The number of ether oxygens (including phenoxy) is 2. The number of imidazole rings is 1. The van der Waals surface area contributed by atoms with Crippen LogP contribution >= 0.6 is 0 Å². The highest BCUT2D eigenvalue weighted by Crippen LogP contribution is 2.43. The van der Waals surface area contributed by atoms with E-state index in [9.17, 15) is 14.7 Å². The summed E-state index contributed by atoms with van der Waals surface area (Å²) >= 11 is 0. The van der Waals surface area contributed by atoms with E-state index in [0.29, 0.717) is 22.6 Å². The van der Waals surface area contributed by atoms with Crippen molar-refractivity contribution < 1.29 is 24.2 Å². The van der Waals surface area contributed by atoms with Crippen molar-refractivity contribution in [3.63, 3.8) is 0 Å². The molecule has 0 aliphatic carbocycles. The number of carbonyl (C=O) groups is 2. The van der Waals surface area contributed by atoms with E-state index in [4.69, 9.17) is 9.47 Å². The lowest BCUT2D eigenvalue weighted by molar-refractivity contribution is -0.132. The van der Waals surface area contributed by atoms with Crippen molar-refractivity contribution >= 4 is 34.4 Å². The molecular formula is C26H21N3O5. The second kappa shape index (κ2) is 8.40. The molecule has 0 spiro atoms. The number of aliphatic hydroxyl groups is 1. The Labute approximate surface area is 195 Å². The molecule has 5 rings (SSSR count). The fourth-order valence-electron chi connectivity index (χ4n) is 4.19. The van der Waals surface area contributed by atoms with Gasteiger partial charge in [-0.25, -0.2) is 4.98 Å². The largest absolute Gasteiger partial charge is 0.507 e. The zero-order valence-electron chi connectivity index (χ0n) is 18.5. The summed E-state index contributed by atoms with van der Waals surface area (Å²) < 4.78 is 10.7. The van der Waals surface area contributed by atoms with Gasteiger partial charge in [0.05, 0.1) is 42.4 Å². The SMILES string of the molecule is COc1ccc(/C(O)=C2\C(=O)C(=O)N(c3nc4ccccc4[nH]3)C2c2ccccc2)c(OC)c1. The number of ketones is 1. The van der Waals surface area contributed by atoms with E-state index in [0.717, 1.165) is 5.52 Å². The summed E-state index contributed by atoms with van der Waals surface area (Å²) in [5, 5.41) is 11.3. The molecule has 2 heterocycles. The number of rotatable bonds is 5. The van der Waals surface area contributed by atoms with E-state index in [1.165, 1.54) is 19.1 Å². The third-order valence-corrected chi connectivity index (χ3v) is 5.83. The molecule has 0 radical (unpaired) electrons. The molecule has 0 bridgehead atoms. The quantitative estimate of drug-likeness (QED) is 0.265. The Bertz CT molecular complexity index is 1410. The normalized spacial score (nSPS) is 17.4. The van der Waals surface area contributed by atoms with E-state index >= 15 is 0 Å². The highest BCUT2D eigenvalue weighted by molar-refractivity contribution is 6.51. The molecule has 2 N–H and O–H groups in total. The van der Waals surface area contributed by atoms with Gasteiger partial charge in [0.2, 0.25) is 5.95 Å². The van der Waals surface area contributed by atoms with Crippen molar-refractivity contribution in [2.24, 2.45) is 0 Å². The lowest BCUT2D eigenvalue weighted by Gasteiger charge is -2.23. The number of hydrogen-bond donors (Lipinski definition) is 2. The number of benzene rings is 3. The van der Waals surface area contributed by atoms with E-state index in [-0.39, 0.29) is 22.8 Å². The van der Waals surface area contributed by atoms with Gasteiger partial charge in [0, 0.05) is 6.07 Å². The summed E-state index contributed by atoms with van der Waals surface area (Å²) in [5.74, 6) is -0.899. The molecule has 1 amide bonds. The van der Waals surface area contributed by atoms with E-state index in [2.05, 4.69) is 9.97 Å². The fraction of sp³-hybridized carbons (Fsp3) is 0.115.